The van der Waals surface area contributed by atoms with Crippen LogP contribution in [0.5, 0.6) is 5.75 Å². The van der Waals surface area contributed by atoms with Gasteiger partial charge < -0.3 is 15.4 Å². The summed E-state index contributed by atoms with van der Waals surface area (Å²) in [5, 5.41) is 6.16. The number of hydrogen-bond donors (Lipinski definition) is 2. The summed E-state index contributed by atoms with van der Waals surface area (Å²) in [7, 11) is 0. The number of aryl methyl sites for hydroxylation is 2. The molecular weight excluding hydrogens is 433 g/mol. The Bertz CT molecular complexity index is 1430. The predicted molar refractivity (Wildman–Crippen MR) is 129 cm³/mol. The Labute approximate surface area is 195 Å². The smallest absolute Gasteiger partial charge is 0.255 e. The van der Waals surface area contributed by atoms with Crippen LogP contribution in [0.2, 0.25) is 0 Å². The number of fused-ring (bicyclic) bond motifs is 2. The molecule has 0 saturated carbocycles. The Balaban J connectivity index is 1.33. The number of benzene rings is 3. The van der Waals surface area contributed by atoms with E-state index >= 15 is 0 Å². The number of pyridine rings is 1. The van der Waals surface area contributed by atoms with Crippen LogP contribution in [0.1, 0.15) is 38.4 Å². The summed E-state index contributed by atoms with van der Waals surface area (Å²) in [5.74, 6) is -0.701. The third-order valence-corrected chi connectivity index (χ3v) is 5.74. The molecule has 34 heavy (non-hydrogen) atoms. The zero-order valence-electron chi connectivity index (χ0n) is 18.5. The molecule has 0 fully saturated rings. The highest BCUT2D eigenvalue weighted by Gasteiger charge is 2.16. The minimum atomic E-state index is -0.605. The number of carbonyl (C=O) groups excluding carboxylic acids is 2. The molecule has 5 rings (SSSR count). The first-order valence-corrected chi connectivity index (χ1v) is 11.0. The minimum absolute atomic E-state index is 0.0290. The maximum atomic E-state index is 14.4. The molecule has 6 nitrogen and oxygen atoms in total. The SMILES string of the molecule is Cc1ccc2cc(C(=O)Nc3cc(NC(=O)c4ccc5c(c4)OCCC5)ccc3F)ccc2n1. The molecule has 1 aliphatic heterocycles. The number of amides is 2. The number of carbonyl (C=O) groups is 2. The maximum Gasteiger partial charge on any atom is 0.255 e. The van der Waals surface area contributed by atoms with Gasteiger partial charge in [-0.3, -0.25) is 14.6 Å². The molecule has 2 heterocycles. The van der Waals surface area contributed by atoms with E-state index in [9.17, 15) is 14.0 Å². The predicted octanol–water partition coefficient (Wildman–Crippen LogP) is 5.51. The van der Waals surface area contributed by atoms with Crippen LogP contribution in [0.3, 0.4) is 0 Å². The average Bonchev–Trinajstić information content (AvgIpc) is 2.85. The molecule has 3 aromatic carbocycles. The normalized spacial score (nSPS) is 12.5. The molecule has 4 aromatic rings. The van der Waals surface area contributed by atoms with Crippen molar-refractivity contribution in [2.75, 3.05) is 17.2 Å². The number of nitrogens with zero attached hydrogens (tertiary/aromatic N) is 1. The fourth-order valence-electron chi connectivity index (χ4n) is 3.95. The molecule has 2 amide bonds. The largest absolute Gasteiger partial charge is 0.493 e. The van der Waals surface area contributed by atoms with Crippen LogP contribution in [0, 0.1) is 12.7 Å². The Kier molecular flexibility index (Phi) is 5.67. The fourth-order valence-corrected chi connectivity index (χ4v) is 3.95. The zero-order valence-corrected chi connectivity index (χ0v) is 18.5. The van der Waals surface area contributed by atoms with Crippen molar-refractivity contribution in [3.05, 3.63) is 94.9 Å². The molecular formula is C27H22FN3O3. The monoisotopic (exact) mass is 455 g/mol. The first kappa shape index (κ1) is 21.6. The van der Waals surface area contributed by atoms with E-state index in [2.05, 4.69) is 15.6 Å². The van der Waals surface area contributed by atoms with Gasteiger partial charge in [-0.05, 0) is 79.9 Å². The van der Waals surface area contributed by atoms with Crippen molar-refractivity contribution in [3.8, 4) is 5.75 Å². The number of halogens is 1. The topological polar surface area (TPSA) is 80.3 Å². The summed E-state index contributed by atoms with van der Waals surface area (Å²) in [6.45, 7) is 2.53. The van der Waals surface area contributed by atoms with Crippen molar-refractivity contribution in [1.82, 2.24) is 4.98 Å². The van der Waals surface area contributed by atoms with Crippen molar-refractivity contribution in [1.29, 1.82) is 0 Å². The van der Waals surface area contributed by atoms with E-state index in [1.165, 1.54) is 18.2 Å². The van der Waals surface area contributed by atoms with Gasteiger partial charge in [0.1, 0.15) is 11.6 Å². The molecule has 0 atom stereocenters. The van der Waals surface area contributed by atoms with E-state index in [0.29, 0.717) is 29.2 Å². The summed E-state index contributed by atoms with van der Waals surface area (Å²) in [4.78, 5) is 29.9. The molecule has 0 spiro atoms. The maximum absolute atomic E-state index is 14.4. The van der Waals surface area contributed by atoms with Crippen LogP contribution in [-0.2, 0) is 6.42 Å². The van der Waals surface area contributed by atoms with Crippen LogP contribution >= 0.6 is 0 Å². The molecule has 2 N–H and O–H groups in total. The summed E-state index contributed by atoms with van der Waals surface area (Å²) < 4.78 is 20.1. The fraction of sp³-hybridized carbons (Fsp3) is 0.148. The van der Waals surface area contributed by atoms with Gasteiger partial charge in [-0.15, -0.1) is 0 Å². The molecule has 0 unspecified atom stereocenters. The van der Waals surface area contributed by atoms with Crippen molar-refractivity contribution in [2.24, 2.45) is 0 Å². The van der Waals surface area contributed by atoms with Gasteiger partial charge in [-0.1, -0.05) is 12.1 Å². The Morgan fingerprint density at radius 3 is 2.59 bits per heavy atom. The summed E-state index contributed by atoms with van der Waals surface area (Å²) in [6.07, 6.45) is 1.88. The molecule has 1 aromatic heterocycles. The number of anilines is 2. The van der Waals surface area contributed by atoms with Crippen molar-refractivity contribution >= 4 is 34.1 Å². The lowest BCUT2D eigenvalue weighted by Gasteiger charge is -2.17. The van der Waals surface area contributed by atoms with Crippen LogP contribution in [0.15, 0.2) is 66.7 Å². The van der Waals surface area contributed by atoms with Crippen LogP contribution in [0.4, 0.5) is 15.8 Å². The Morgan fingerprint density at radius 1 is 0.912 bits per heavy atom. The van der Waals surface area contributed by atoms with E-state index in [4.69, 9.17) is 4.74 Å². The van der Waals surface area contributed by atoms with Gasteiger partial charge in [0.15, 0.2) is 0 Å². The quantitative estimate of drug-likeness (QED) is 0.425. The molecule has 170 valence electrons. The number of hydrogen-bond acceptors (Lipinski definition) is 4. The Hall–Kier alpha value is -4.26. The van der Waals surface area contributed by atoms with Gasteiger partial charge in [0.25, 0.3) is 11.8 Å². The lowest BCUT2D eigenvalue weighted by Crippen LogP contribution is -2.16. The van der Waals surface area contributed by atoms with Gasteiger partial charge in [-0.25, -0.2) is 4.39 Å². The third kappa shape index (κ3) is 4.45. The van der Waals surface area contributed by atoms with E-state index in [1.54, 1.807) is 30.3 Å². The molecule has 0 bridgehead atoms. The standard InChI is InChI=1S/C27H22FN3O3/c1-16-4-5-18-13-19(8-11-23(18)29-16)27(33)31-24-15-21(9-10-22(24)28)30-26(32)20-7-6-17-3-2-12-34-25(17)14-20/h4-11,13-15H,2-3,12H2,1H3,(H,30,32)(H,31,33). The lowest BCUT2D eigenvalue weighted by atomic mass is 10.0. The van der Waals surface area contributed by atoms with Gasteiger partial charge >= 0.3 is 0 Å². The van der Waals surface area contributed by atoms with Gasteiger partial charge in [0.2, 0.25) is 0 Å². The van der Waals surface area contributed by atoms with Gasteiger partial charge in [0.05, 0.1) is 17.8 Å². The highest BCUT2D eigenvalue weighted by Crippen LogP contribution is 2.27. The molecule has 0 radical (unpaired) electrons. The third-order valence-electron chi connectivity index (χ3n) is 5.74. The van der Waals surface area contributed by atoms with Crippen molar-refractivity contribution in [2.45, 2.75) is 19.8 Å². The number of aromatic nitrogens is 1. The first-order valence-electron chi connectivity index (χ1n) is 11.0. The van der Waals surface area contributed by atoms with E-state index in [-0.39, 0.29) is 11.6 Å². The molecule has 0 aliphatic carbocycles. The first-order chi connectivity index (χ1) is 16.5. The second-order valence-corrected chi connectivity index (χ2v) is 8.24. The highest BCUT2D eigenvalue weighted by atomic mass is 19.1. The van der Waals surface area contributed by atoms with Crippen LogP contribution in [-0.4, -0.2) is 23.4 Å². The second-order valence-electron chi connectivity index (χ2n) is 8.24. The number of ether oxygens (including phenoxy) is 1. The Morgan fingerprint density at radius 2 is 1.71 bits per heavy atom. The molecule has 7 heteroatoms. The lowest BCUT2D eigenvalue weighted by molar-refractivity contribution is 0.101. The highest BCUT2D eigenvalue weighted by molar-refractivity contribution is 6.07. The minimum Gasteiger partial charge on any atom is -0.493 e. The average molecular weight is 455 g/mol. The van der Waals surface area contributed by atoms with E-state index in [0.717, 1.165) is 35.0 Å². The summed E-state index contributed by atoms with van der Waals surface area (Å²) in [6, 6.07) is 18.2. The van der Waals surface area contributed by atoms with Gasteiger partial charge in [0, 0.05) is 27.9 Å². The summed E-state index contributed by atoms with van der Waals surface area (Å²) in [5.41, 5.74) is 3.89. The molecule has 0 saturated heterocycles. The van der Waals surface area contributed by atoms with Crippen molar-refractivity contribution < 1.29 is 18.7 Å². The molecule has 1 aliphatic rings. The summed E-state index contributed by atoms with van der Waals surface area (Å²) >= 11 is 0. The van der Waals surface area contributed by atoms with E-state index in [1.807, 2.05) is 25.1 Å². The van der Waals surface area contributed by atoms with Crippen LogP contribution < -0.4 is 15.4 Å². The number of nitrogens with one attached hydrogen (secondary N) is 2. The van der Waals surface area contributed by atoms with Crippen molar-refractivity contribution in [3.63, 3.8) is 0 Å². The van der Waals surface area contributed by atoms with Crippen LogP contribution in [0.25, 0.3) is 10.9 Å². The zero-order chi connectivity index (χ0) is 23.7. The van der Waals surface area contributed by atoms with Gasteiger partial charge in [-0.2, -0.15) is 0 Å². The second kappa shape index (κ2) is 8.94. The number of rotatable bonds is 4. The van der Waals surface area contributed by atoms with E-state index < -0.39 is 11.7 Å².